The van der Waals surface area contributed by atoms with Crippen LogP contribution in [0.5, 0.6) is 0 Å². The van der Waals surface area contributed by atoms with Crippen molar-refractivity contribution in [2.75, 3.05) is 11.9 Å². The van der Waals surface area contributed by atoms with Gasteiger partial charge in [-0.15, -0.1) is 11.3 Å². The molecule has 3 heterocycles. The monoisotopic (exact) mass is 303 g/mol. The molecule has 3 rings (SSSR count). The number of nitrogens with one attached hydrogen (secondary N) is 1. The van der Waals surface area contributed by atoms with E-state index in [1.807, 2.05) is 31.4 Å². The number of fused-ring (bicyclic) bond motifs is 1. The molecule has 1 N–H and O–H groups in total. The van der Waals surface area contributed by atoms with E-state index < -0.39 is 0 Å². The van der Waals surface area contributed by atoms with Gasteiger partial charge in [-0.2, -0.15) is 0 Å². The molecule has 0 saturated carbocycles. The third-order valence-electron chi connectivity index (χ3n) is 2.59. The Kier molecular flexibility index (Phi) is 3.79. The van der Waals surface area contributed by atoms with Crippen molar-refractivity contribution in [3.63, 3.8) is 0 Å². The van der Waals surface area contributed by atoms with Crippen LogP contribution in [0, 0.1) is 6.92 Å². The van der Waals surface area contributed by atoms with Crippen LogP contribution in [-0.4, -0.2) is 26.5 Å². The Morgan fingerprint density at radius 1 is 1.25 bits per heavy atom. The SMILES string of the molecule is CCNc1nc(Sc2nccc(C)n2)c2ccsc2n1. The normalized spacial score (nSPS) is 10.9. The van der Waals surface area contributed by atoms with E-state index in [2.05, 4.69) is 25.3 Å². The molecule has 0 spiro atoms. The molecule has 20 heavy (non-hydrogen) atoms. The second-order valence-corrected chi connectivity index (χ2v) is 5.96. The van der Waals surface area contributed by atoms with E-state index in [1.54, 1.807) is 17.5 Å². The molecule has 0 aliphatic heterocycles. The molecule has 0 aromatic carbocycles. The lowest BCUT2D eigenvalue weighted by molar-refractivity contribution is 0.928. The predicted octanol–water partition coefficient (Wildman–Crippen LogP) is 3.37. The van der Waals surface area contributed by atoms with Crippen LogP contribution < -0.4 is 5.32 Å². The second kappa shape index (κ2) is 5.72. The first kappa shape index (κ1) is 13.3. The first-order valence-corrected chi connectivity index (χ1v) is 7.92. The van der Waals surface area contributed by atoms with Crippen LogP contribution in [0.4, 0.5) is 5.95 Å². The minimum Gasteiger partial charge on any atom is -0.354 e. The fraction of sp³-hybridized carbons (Fsp3) is 0.231. The van der Waals surface area contributed by atoms with Crippen molar-refractivity contribution in [1.29, 1.82) is 0 Å². The summed E-state index contributed by atoms with van der Waals surface area (Å²) in [6.45, 7) is 4.77. The molecule has 5 nitrogen and oxygen atoms in total. The summed E-state index contributed by atoms with van der Waals surface area (Å²) in [6, 6.07) is 3.92. The highest BCUT2D eigenvalue weighted by molar-refractivity contribution is 7.99. The largest absolute Gasteiger partial charge is 0.354 e. The summed E-state index contributed by atoms with van der Waals surface area (Å²) in [7, 11) is 0. The third kappa shape index (κ3) is 2.73. The number of aryl methyl sites for hydroxylation is 1. The summed E-state index contributed by atoms with van der Waals surface area (Å²) in [6.07, 6.45) is 1.77. The molecule has 0 saturated heterocycles. The molecule has 0 aliphatic rings. The molecule has 3 aromatic heterocycles. The van der Waals surface area contributed by atoms with Crippen LogP contribution in [-0.2, 0) is 0 Å². The molecule has 0 atom stereocenters. The van der Waals surface area contributed by atoms with Crippen LogP contribution in [0.15, 0.2) is 33.9 Å². The maximum absolute atomic E-state index is 4.56. The zero-order valence-electron chi connectivity index (χ0n) is 11.1. The predicted molar refractivity (Wildman–Crippen MR) is 82.5 cm³/mol. The van der Waals surface area contributed by atoms with Crippen molar-refractivity contribution in [3.05, 3.63) is 29.4 Å². The highest BCUT2D eigenvalue weighted by atomic mass is 32.2. The van der Waals surface area contributed by atoms with E-state index in [-0.39, 0.29) is 0 Å². The van der Waals surface area contributed by atoms with Crippen LogP contribution in [0.3, 0.4) is 0 Å². The number of nitrogens with zero attached hydrogens (tertiary/aromatic N) is 4. The molecular weight excluding hydrogens is 290 g/mol. The summed E-state index contributed by atoms with van der Waals surface area (Å²) in [4.78, 5) is 18.7. The summed E-state index contributed by atoms with van der Waals surface area (Å²) < 4.78 is 0. The van der Waals surface area contributed by atoms with Gasteiger partial charge in [0.2, 0.25) is 5.95 Å². The summed E-state index contributed by atoms with van der Waals surface area (Å²) >= 11 is 3.08. The van der Waals surface area contributed by atoms with Gasteiger partial charge in [-0.25, -0.2) is 19.9 Å². The second-order valence-electron chi connectivity index (χ2n) is 4.10. The molecule has 0 radical (unpaired) electrons. The molecule has 0 fully saturated rings. The average Bonchev–Trinajstić information content (AvgIpc) is 2.87. The lowest BCUT2D eigenvalue weighted by atomic mass is 10.4. The van der Waals surface area contributed by atoms with Gasteiger partial charge in [0, 0.05) is 23.8 Å². The quantitative estimate of drug-likeness (QED) is 0.589. The number of hydrogen-bond donors (Lipinski definition) is 1. The van der Waals surface area contributed by atoms with Crippen LogP contribution in [0.25, 0.3) is 10.2 Å². The van der Waals surface area contributed by atoms with E-state index in [0.717, 1.165) is 27.5 Å². The van der Waals surface area contributed by atoms with Crippen LogP contribution in [0.2, 0.25) is 0 Å². The molecule has 0 bridgehead atoms. The van der Waals surface area contributed by atoms with E-state index in [1.165, 1.54) is 11.8 Å². The first-order chi connectivity index (χ1) is 9.76. The fourth-order valence-corrected chi connectivity index (χ4v) is 3.42. The van der Waals surface area contributed by atoms with Crippen molar-refractivity contribution in [2.24, 2.45) is 0 Å². The van der Waals surface area contributed by atoms with Crippen molar-refractivity contribution < 1.29 is 0 Å². The van der Waals surface area contributed by atoms with Gasteiger partial charge in [0.15, 0.2) is 5.16 Å². The molecule has 0 unspecified atom stereocenters. The lowest BCUT2D eigenvalue weighted by Crippen LogP contribution is -2.02. The number of rotatable bonds is 4. The number of anilines is 1. The smallest absolute Gasteiger partial charge is 0.225 e. The lowest BCUT2D eigenvalue weighted by Gasteiger charge is -2.05. The van der Waals surface area contributed by atoms with Crippen molar-refractivity contribution in [2.45, 2.75) is 24.0 Å². The van der Waals surface area contributed by atoms with Gasteiger partial charge in [0.1, 0.15) is 9.86 Å². The van der Waals surface area contributed by atoms with Crippen molar-refractivity contribution >= 4 is 39.3 Å². The zero-order valence-corrected chi connectivity index (χ0v) is 12.8. The van der Waals surface area contributed by atoms with Gasteiger partial charge in [0.05, 0.1) is 0 Å². The average molecular weight is 303 g/mol. The summed E-state index contributed by atoms with van der Waals surface area (Å²) in [5.41, 5.74) is 0.949. The van der Waals surface area contributed by atoms with Gasteiger partial charge in [-0.1, -0.05) is 0 Å². The number of aromatic nitrogens is 4. The fourth-order valence-electron chi connectivity index (χ4n) is 1.70. The Hall–Kier alpha value is -1.73. The van der Waals surface area contributed by atoms with Crippen LogP contribution >= 0.6 is 23.1 Å². The maximum Gasteiger partial charge on any atom is 0.225 e. The van der Waals surface area contributed by atoms with E-state index in [9.17, 15) is 0 Å². The topological polar surface area (TPSA) is 63.6 Å². The Labute approximate surface area is 124 Å². The minimum absolute atomic E-state index is 0.651. The molecule has 7 heteroatoms. The first-order valence-electron chi connectivity index (χ1n) is 6.23. The Bertz CT molecular complexity index is 740. The summed E-state index contributed by atoms with van der Waals surface area (Å²) in [5, 5.41) is 7.82. The third-order valence-corrected chi connectivity index (χ3v) is 4.28. The van der Waals surface area contributed by atoms with Gasteiger partial charge < -0.3 is 5.32 Å². The maximum atomic E-state index is 4.56. The molecule has 0 aliphatic carbocycles. The van der Waals surface area contributed by atoms with E-state index in [0.29, 0.717) is 11.1 Å². The molecule has 102 valence electrons. The molecule has 0 amide bonds. The molecular formula is C13H13N5S2. The minimum atomic E-state index is 0.651. The molecule has 3 aromatic rings. The number of hydrogen-bond acceptors (Lipinski definition) is 7. The zero-order chi connectivity index (χ0) is 13.9. The van der Waals surface area contributed by atoms with Gasteiger partial charge in [0.25, 0.3) is 0 Å². The van der Waals surface area contributed by atoms with Crippen LogP contribution in [0.1, 0.15) is 12.6 Å². The van der Waals surface area contributed by atoms with Gasteiger partial charge >= 0.3 is 0 Å². The highest BCUT2D eigenvalue weighted by Gasteiger charge is 2.11. The highest BCUT2D eigenvalue weighted by Crippen LogP contribution is 2.32. The Morgan fingerprint density at radius 2 is 2.15 bits per heavy atom. The van der Waals surface area contributed by atoms with E-state index in [4.69, 9.17) is 0 Å². The Morgan fingerprint density at radius 3 is 2.95 bits per heavy atom. The van der Waals surface area contributed by atoms with Crippen molar-refractivity contribution in [3.8, 4) is 0 Å². The number of thiophene rings is 1. The van der Waals surface area contributed by atoms with Crippen molar-refractivity contribution in [1.82, 2.24) is 19.9 Å². The van der Waals surface area contributed by atoms with Gasteiger partial charge in [-0.05, 0) is 43.1 Å². The van der Waals surface area contributed by atoms with Gasteiger partial charge in [-0.3, -0.25) is 0 Å². The standard InChI is InChI=1S/C13H13N5S2/c1-3-14-12-17-10-9(5-7-19-10)11(18-12)20-13-15-6-4-8(2)16-13/h4-7H,3H2,1-2H3,(H,14,17,18). The van der Waals surface area contributed by atoms with E-state index >= 15 is 0 Å². The Balaban J connectivity index is 2.02. The summed E-state index contributed by atoms with van der Waals surface area (Å²) in [5.74, 6) is 0.651.